The van der Waals surface area contributed by atoms with Crippen LogP contribution in [0.15, 0.2) is 48.5 Å². The molecule has 0 unspecified atom stereocenters. The van der Waals surface area contributed by atoms with Crippen molar-refractivity contribution in [3.8, 4) is 11.3 Å². The lowest BCUT2D eigenvalue weighted by atomic mass is 9.99. The number of halogens is 2. The number of carbonyl (C=O) groups excluding carboxylic acids is 1. The summed E-state index contributed by atoms with van der Waals surface area (Å²) in [6.07, 6.45) is 0.223. The number of carbonyl (C=O) groups is 1. The van der Waals surface area contributed by atoms with Crippen molar-refractivity contribution >= 4 is 17.5 Å². The fourth-order valence-electron chi connectivity index (χ4n) is 3.12. The van der Waals surface area contributed by atoms with E-state index in [0.29, 0.717) is 22.8 Å². The van der Waals surface area contributed by atoms with Gasteiger partial charge in [0.15, 0.2) is 0 Å². The number of rotatable bonds is 3. The average molecular weight is 356 g/mol. The summed E-state index contributed by atoms with van der Waals surface area (Å²) in [5.41, 5.74) is 3.75. The second-order valence-electron chi connectivity index (χ2n) is 6.03. The predicted molar refractivity (Wildman–Crippen MR) is 93.4 cm³/mol. The molecule has 1 amide bonds. The lowest BCUT2D eigenvalue weighted by Crippen LogP contribution is -2.35. The fourth-order valence-corrected chi connectivity index (χ4v) is 3.34. The smallest absolute Gasteiger partial charge is 0.227 e. The molecule has 0 bridgehead atoms. The molecule has 0 aliphatic carbocycles. The van der Waals surface area contributed by atoms with Crippen LogP contribution in [0.5, 0.6) is 0 Å². The van der Waals surface area contributed by atoms with Gasteiger partial charge in [0.2, 0.25) is 5.91 Å². The minimum absolute atomic E-state index is 0.0505. The summed E-state index contributed by atoms with van der Waals surface area (Å²) in [5.74, 6) is -0.354. The third-order valence-corrected chi connectivity index (χ3v) is 4.76. The van der Waals surface area contributed by atoms with Crippen LogP contribution in [0, 0.1) is 5.82 Å². The molecule has 2 heterocycles. The molecule has 1 N–H and O–H groups in total. The first-order chi connectivity index (χ1) is 12.1. The van der Waals surface area contributed by atoms with Gasteiger partial charge in [-0.3, -0.25) is 9.89 Å². The zero-order chi connectivity index (χ0) is 17.4. The number of nitrogens with one attached hydrogen (secondary N) is 1. The number of amides is 1. The molecule has 0 radical (unpaired) electrons. The number of nitrogens with zero attached hydrogens (tertiary/aromatic N) is 2. The summed E-state index contributed by atoms with van der Waals surface area (Å²) in [6.45, 7) is 0.616. The van der Waals surface area contributed by atoms with Crippen LogP contribution in [-0.2, 0) is 24.3 Å². The Morgan fingerprint density at radius 3 is 2.72 bits per heavy atom. The van der Waals surface area contributed by atoms with Crippen LogP contribution in [0.2, 0.25) is 5.02 Å². The molecule has 0 saturated carbocycles. The van der Waals surface area contributed by atoms with Crippen LogP contribution in [0.1, 0.15) is 16.8 Å². The topological polar surface area (TPSA) is 49.0 Å². The van der Waals surface area contributed by atoms with Gasteiger partial charge in [-0.1, -0.05) is 48.0 Å². The highest BCUT2D eigenvalue weighted by Gasteiger charge is 2.28. The molecule has 0 fully saturated rings. The number of hydrogen-bond donors (Lipinski definition) is 1. The standard InChI is InChI=1S/C19H15ClFN3O/c20-15-7-3-2-6-13(15)19-14-9-18(25)24(11-17(14)22-23-19)10-12-5-1-4-8-16(12)21/h1-8H,9-11H2,(H,22,23). The second-order valence-corrected chi connectivity index (χ2v) is 6.43. The molecule has 3 aromatic rings. The van der Waals surface area contributed by atoms with E-state index in [1.165, 1.54) is 6.07 Å². The summed E-state index contributed by atoms with van der Waals surface area (Å²) in [5, 5.41) is 7.96. The highest BCUT2D eigenvalue weighted by Crippen LogP contribution is 2.33. The van der Waals surface area contributed by atoms with Gasteiger partial charge in [0.25, 0.3) is 0 Å². The molecular weight excluding hydrogens is 341 g/mol. The Labute approximate surface area is 149 Å². The van der Waals surface area contributed by atoms with Crippen LogP contribution in [0.3, 0.4) is 0 Å². The summed E-state index contributed by atoms with van der Waals surface area (Å²) < 4.78 is 13.9. The lowest BCUT2D eigenvalue weighted by Gasteiger charge is -2.27. The number of fused-ring (bicyclic) bond motifs is 1. The van der Waals surface area contributed by atoms with Crippen LogP contribution in [0.4, 0.5) is 4.39 Å². The number of aromatic amines is 1. The Morgan fingerprint density at radius 2 is 1.92 bits per heavy atom. The molecule has 4 nitrogen and oxygen atoms in total. The monoisotopic (exact) mass is 355 g/mol. The lowest BCUT2D eigenvalue weighted by molar-refractivity contribution is -0.132. The van der Waals surface area contributed by atoms with E-state index in [1.807, 2.05) is 18.2 Å². The van der Waals surface area contributed by atoms with Gasteiger partial charge in [-0.2, -0.15) is 5.10 Å². The first kappa shape index (κ1) is 15.8. The van der Waals surface area contributed by atoms with Crippen LogP contribution >= 0.6 is 11.6 Å². The maximum atomic E-state index is 13.9. The normalized spacial score (nSPS) is 13.8. The molecule has 2 aromatic carbocycles. The third kappa shape index (κ3) is 2.91. The van der Waals surface area contributed by atoms with Crippen molar-refractivity contribution in [3.63, 3.8) is 0 Å². The summed E-state index contributed by atoms with van der Waals surface area (Å²) in [7, 11) is 0. The molecule has 0 saturated heterocycles. The molecule has 4 rings (SSSR count). The van der Waals surface area contributed by atoms with Crippen molar-refractivity contribution < 1.29 is 9.18 Å². The van der Waals surface area contributed by atoms with E-state index in [2.05, 4.69) is 10.2 Å². The number of hydrogen-bond acceptors (Lipinski definition) is 2. The predicted octanol–water partition coefficient (Wildman–Crippen LogP) is 3.95. The summed E-state index contributed by atoms with van der Waals surface area (Å²) in [6, 6.07) is 13.9. The van der Waals surface area contributed by atoms with Crippen molar-refractivity contribution in [2.75, 3.05) is 0 Å². The van der Waals surface area contributed by atoms with Gasteiger partial charge in [0.05, 0.1) is 29.4 Å². The van der Waals surface area contributed by atoms with E-state index >= 15 is 0 Å². The van der Waals surface area contributed by atoms with Crippen molar-refractivity contribution in [2.24, 2.45) is 0 Å². The van der Waals surface area contributed by atoms with Gasteiger partial charge in [-0.15, -0.1) is 0 Å². The minimum atomic E-state index is -0.303. The van der Waals surface area contributed by atoms with Crippen LogP contribution in [-0.4, -0.2) is 21.0 Å². The van der Waals surface area contributed by atoms with E-state index in [4.69, 9.17) is 11.6 Å². The number of aromatic nitrogens is 2. The maximum absolute atomic E-state index is 13.9. The zero-order valence-corrected chi connectivity index (χ0v) is 14.1. The number of benzene rings is 2. The molecule has 1 aliphatic rings. The largest absolute Gasteiger partial charge is 0.332 e. The molecular formula is C19H15ClFN3O. The third-order valence-electron chi connectivity index (χ3n) is 4.43. The van der Waals surface area contributed by atoms with Gasteiger partial charge in [-0.05, 0) is 12.1 Å². The maximum Gasteiger partial charge on any atom is 0.227 e. The van der Waals surface area contributed by atoms with E-state index in [-0.39, 0.29) is 24.7 Å². The van der Waals surface area contributed by atoms with Crippen molar-refractivity contribution in [1.82, 2.24) is 15.1 Å². The average Bonchev–Trinajstić information content (AvgIpc) is 3.00. The molecule has 126 valence electrons. The van der Waals surface area contributed by atoms with E-state index in [0.717, 1.165) is 16.8 Å². The summed E-state index contributed by atoms with van der Waals surface area (Å²) in [4.78, 5) is 14.2. The van der Waals surface area contributed by atoms with E-state index in [9.17, 15) is 9.18 Å². The Kier molecular flexibility index (Phi) is 4.01. The Hall–Kier alpha value is -2.66. The van der Waals surface area contributed by atoms with Crippen LogP contribution in [0.25, 0.3) is 11.3 Å². The summed E-state index contributed by atoms with van der Waals surface area (Å²) >= 11 is 6.26. The first-order valence-corrected chi connectivity index (χ1v) is 8.33. The molecule has 1 aliphatic heterocycles. The molecule has 1 aromatic heterocycles. The van der Waals surface area contributed by atoms with Gasteiger partial charge in [0, 0.05) is 23.2 Å². The fraction of sp³-hybridized carbons (Fsp3) is 0.158. The SMILES string of the molecule is O=C1Cc2c(-c3ccccc3Cl)n[nH]c2CN1Cc1ccccc1F. The molecule has 0 atom stereocenters. The molecule has 25 heavy (non-hydrogen) atoms. The molecule has 6 heteroatoms. The second kappa shape index (κ2) is 6.33. The zero-order valence-electron chi connectivity index (χ0n) is 13.3. The van der Waals surface area contributed by atoms with Gasteiger partial charge < -0.3 is 4.90 Å². The van der Waals surface area contributed by atoms with Gasteiger partial charge in [-0.25, -0.2) is 4.39 Å². The van der Waals surface area contributed by atoms with Gasteiger partial charge >= 0.3 is 0 Å². The highest BCUT2D eigenvalue weighted by atomic mass is 35.5. The van der Waals surface area contributed by atoms with Gasteiger partial charge in [0.1, 0.15) is 5.82 Å². The Morgan fingerprint density at radius 1 is 1.16 bits per heavy atom. The first-order valence-electron chi connectivity index (χ1n) is 7.95. The Balaban J connectivity index is 1.63. The van der Waals surface area contributed by atoms with Crippen LogP contribution < -0.4 is 0 Å². The van der Waals surface area contributed by atoms with E-state index in [1.54, 1.807) is 29.2 Å². The highest BCUT2D eigenvalue weighted by molar-refractivity contribution is 6.33. The van der Waals surface area contributed by atoms with Crippen molar-refractivity contribution in [2.45, 2.75) is 19.5 Å². The van der Waals surface area contributed by atoms with Crippen molar-refractivity contribution in [1.29, 1.82) is 0 Å². The quantitative estimate of drug-likeness (QED) is 0.773. The number of H-pyrrole nitrogens is 1. The Bertz CT molecular complexity index is 953. The van der Waals surface area contributed by atoms with E-state index < -0.39 is 0 Å². The minimum Gasteiger partial charge on any atom is -0.332 e. The van der Waals surface area contributed by atoms with Crippen molar-refractivity contribution in [3.05, 3.63) is 76.2 Å². The molecule has 0 spiro atoms.